The molecule has 106 valence electrons. The van der Waals surface area contributed by atoms with Gasteiger partial charge in [0.25, 0.3) is 5.91 Å². The predicted octanol–water partition coefficient (Wildman–Crippen LogP) is 4.90. The Balaban J connectivity index is 1.92. The summed E-state index contributed by atoms with van der Waals surface area (Å²) in [5.41, 5.74) is 1.51. The first-order chi connectivity index (χ1) is 10.0. The van der Waals surface area contributed by atoms with Crippen molar-refractivity contribution in [3.63, 3.8) is 0 Å². The zero-order valence-corrected chi connectivity index (χ0v) is 12.7. The Labute approximate surface area is 128 Å². The van der Waals surface area contributed by atoms with Crippen molar-refractivity contribution >= 4 is 38.5 Å². The molecule has 0 bridgehead atoms. The smallest absolute Gasteiger partial charge is 0.291 e. The quantitative estimate of drug-likeness (QED) is 0.716. The van der Waals surface area contributed by atoms with E-state index in [-0.39, 0.29) is 11.4 Å². The van der Waals surface area contributed by atoms with Crippen molar-refractivity contribution in [3.05, 3.63) is 64.1 Å². The molecule has 0 spiro atoms. The lowest BCUT2D eigenvalue weighted by Gasteiger charge is -2.05. The highest BCUT2D eigenvalue weighted by molar-refractivity contribution is 9.10. The first-order valence-electron chi connectivity index (χ1n) is 6.30. The molecule has 1 N–H and O–H groups in total. The lowest BCUT2D eigenvalue weighted by Crippen LogP contribution is -2.12. The molecule has 3 rings (SSSR count). The Morgan fingerprint density at radius 3 is 2.76 bits per heavy atom. The van der Waals surface area contributed by atoms with E-state index >= 15 is 0 Å². The maximum Gasteiger partial charge on any atom is 0.291 e. The zero-order chi connectivity index (χ0) is 15.0. The van der Waals surface area contributed by atoms with Crippen LogP contribution < -0.4 is 5.32 Å². The Morgan fingerprint density at radius 2 is 2.05 bits per heavy atom. The fourth-order valence-corrected chi connectivity index (χ4v) is 2.51. The van der Waals surface area contributed by atoms with Gasteiger partial charge in [0.2, 0.25) is 0 Å². The van der Waals surface area contributed by atoms with Crippen LogP contribution in [0, 0.1) is 12.7 Å². The van der Waals surface area contributed by atoms with Crippen molar-refractivity contribution in [1.29, 1.82) is 0 Å². The second-order valence-corrected chi connectivity index (χ2v) is 5.56. The third-order valence-corrected chi connectivity index (χ3v) is 3.72. The van der Waals surface area contributed by atoms with Crippen LogP contribution in [0.5, 0.6) is 0 Å². The van der Waals surface area contributed by atoms with Gasteiger partial charge in [0.05, 0.1) is 10.2 Å². The number of furan rings is 1. The van der Waals surface area contributed by atoms with Gasteiger partial charge in [-0.15, -0.1) is 0 Å². The highest BCUT2D eigenvalue weighted by Crippen LogP contribution is 2.27. The lowest BCUT2D eigenvalue weighted by atomic mass is 10.2. The molecule has 3 nitrogen and oxygen atoms in total. The van der Waals surface area contributed by atoms with Gasteiger partial charge in [-0.1, -0.05) is 18.2 Å². The summed E-state index contributed by atoms with van der Waals surface area (Å²) >= 11 is 3.36. The van der Waals surface area contributed by atoms with Crippen molar-refractivity contribution < 1.29 is 13.6 Å². The first-order valence-corrected chi connectivity index (χ1v) is 7.09. The molecular weight excluding hydrogens is 337 g/mol. The van der Waals surface area contributed by atoms with E-state index in [1.54, 1.807) is 19.1 Å². The molecule has 0 atom stereocenters. The number of fused-ring (bicyclic) bond motifs is 1. The van der Waals surface area contributed by atoms with Crippen molar-refractivity contribution in [3.8, 4) is 0 Å². The van der Waals surface area contributed by atoms with Crippen LogP contribution in [0.2, 0.25) is 0 Å². The van der Waals surface area contributed by atoms with E-state index in [1.807, 2.05) is 18.2 Å². The van der Waals surface area contributed by atoms with E-state index in [2.05, 4.69) is 21.2 Å². The van der Waals surface area contributed by atoms with Gasteiger partial charge < -0.3 is 9.73 Å². The molecule has 1 aromatic heterocycles. The molecule has 0 aliphatic carbocycles. The SMILES string of the molecule is Cc1ccc(NC(=O)c2cc3cccc(Br)c3o2)c(F)c1. The highest BCUT2D eigenvalue weighted by atomic mass is 79.9. The van der Waals surface area contributed by atoms with E-state index in [0.29, 0.717) is 5.58 Å². The van der Waals surface area contributed by atoms with Crippen molar-refractivity contribution in [2.75, 3.05) is 5.32 Å². The zero-order valence-electron chi connectivity index (χ0n) is 11.1. The summed E-state index contributed by atoms with van der Waals surface area (Å²) in [4.78, 5) is 12.1. The summed E-state index contributed by atoms with van der Waals surface area (Å²) in [6.07, 6.45) is 0. The fraction of sp³-hybridized carbons (Fsp3) is 0.0625. The third-order valence-electron chi connectivity index (χ3n) is 3.09. The number of rotatable bonds is 2. The number of hydrogen-bond acceptors (Lipinski definition) is 2. The average molecular weight is 348 g/mol. The molecule has 2 aromatic carbocycles. The summed E-state index contributed by atoms with van der Waals surface area (Å²) in [5.74, 6) is -0.821. The van der Waals surface area contributed by atoms with Gasteiger partial charge in [-0.2, -0.15) is 0 Å². The van der Waals surface area contributed by atoms with Gasteiger partial charge in [-0.05, 0) is 52.7 Å². The average Bonchev–Trinajstić information content (AvgIpc) is 2.87. The number of hydrogen-bond donors (Lipinski definition) is 1. The van der Waals surface area contributed by atoms with Gasteiger partial charge in [0.15, 0.2) is 5.76 Å². The normalized spacial score (nSPS) is 10.8. The summed E-state index contributed by atoms with van der Waals surface area (Å²) in [6, 6.07) is 11.8. The molecule has 0 aliphatic heterocycles. The molecule has 0 saturated carbocycles. The van der Waals surface area contributed by atoms with Crippen LogP contribution in [0.25, 0.3) is 11.0 Å². The number of aryl methyl sites for hydroxylation is 1. The topological polar surface area (TPSA) is 42.2 Å². The van der Waals surface area contributed by atoms with Crippen LogP contribution in [0.3, 0.4) is 0 Å². The second kappa shape index (κ2) is 5.33. The first kappa shape index (κ1) is 13.8. The second-order valence-electron chi connectivity index (χ2n) is 4.71. The molecule has 0 unspecified atom stereocenters. The molecule has 1 amide bonds. The van der Waals surface area contributed by atoms with Crippen LogP contribution in [0.15, 0.2) is 51.4 Å². The van der Waals surface area contributed by atoms with Crippen LogP contribution in [0.1, 0.15) is 16.1 Å². The van der Waals surface area contributed by atoms with Crippen LogP contribution in [-0.2, 0) is 0 Å². The molecule has 5 heteroatoms. The minimum Gasteiger partial charge on any atom is -0.450 e. The third kappa shape index (κ3) is 2.69. The number of nitrogens with one attached hydrogen (secondary N) is 1. The summed E-state index contributed by atoms with van der Waals surface area (Å²) in [6.45, 7) is 1.78. The highest BCUT2D eigenvalue weighted by Gasteiger charge is 2.15. The molecule has 3 aromatic rings. The van der Waals surface area contributed by atoms with Gasteiger partial charge >= 0.3 is 0 Å². The van der Waals surface area contributed by atoms with E-state index < -0.39 is 11.7 Å². The van der Waals surface area contributed by atoms with Crippen molar-refractivity contribution in [2.24, 2.45) is 0 Å². The maximum atomic E-state index is 13.7. The molecule has 0 radical (unpaired) electrons. The fourth-order valence-electron chi connectivity index (χ4n) is 2.04. The van der Waals surface area contributed by atoms with Crippen LogP contribution in [0.4, 0.5) is 10.1 Å². The van der Waals surface area contributed by atoms with E-state index in [0.717, 1.165) is 15.4 Å². The standard InChI is InChI=1S/C16H11BrFNO2/c1-9-5-6-13(12(18)7-9)19-16(20)14-8-10-3-2-4-11(17)15(10)21-14/h2-8H,1H3,(H,19,20). The Hall–Kier alpha value is -2.14. The van der Waals surface area contributed by atoms with Gasteiger partial charge in [-0.3, -0.25) is 4.79 Å². The van der Waals surface area contributed by atoms with Crippen molar-refractivity contribution in [1.82, 2.24) is 0 Å². The minimum absolute atomic E-state index is 0.130. The molecule has 21 heavy (non-hydrogen) atoms. The molecule has 0 fully saturated rings. The predicted molar refractivity (Wildman–Crippen MR) is 83.0 cm³/mol. The number of anilines is 1. The number of para-hydroxylation sites is 1. The van der Waals surface area contributed by atoms with Gasteiger partial charge in [-0.25, -0.2) is 4.39 Å². The summed E-state index contributed by atoms with van der Waals surface area (Å²) in [7, 11) is 0. The Bertz CT molecular complexity index is 841. The Kier molecular flexibility index (Phi) is 3.51. The number of carbonyl (C=O) groups is 1. The minimum atomic E-state index is -0.485. The molecule has 0 aliphatic rings. The van der Waals surface area contributed by atoms with Crippen LogP contribution >= 0.6 is 15.9 Å². The van der Waals surface area contributed by atoms with E-state index in [4.69, 9.17) is 4.42 Å². The number of amides is 1. The number of carbonyl (C=O) groups excluding carboxylic acids is 1. The Morgan fingerprint density at radius 1 is 1.24 bits per heavy atom. The van der Waals surface area contributed by atoms with E-state index in [9.17, 15) is 9.18 Å². The molecule has 0 saturated heterocycles. The van der Waals surface area contributed by atoms with E-state index in [1.165, 1.54) is 12.1 Å². The molecule has 1 heterocycles. The summed E-state index contributed by atoms with van der Waals surface area (Å²) in [5, 5.41) is 3.32. The largest absolute Gasteiger partial charge is 0.450 e. The van der Waals surface area contributed by atoms with Gasteiger partial charge in [0, 0.05) is 5.39 Å². The van der Waals surface area contributed by atoms with Crippen molar-refractivity contribution in [2.45, 2.75) is 6.92 Å². The maximum absolute atomic E-state index is 13.7. The van der Waals surface area contributed by atoms with Crippen LogP contribution in [-0.4, -0.2) is 5.91 Å². The monoisotopic (exact) mass is 347 g/mol. The number of halogens is 2. The van der Waals surface area contributed by atoms with Gasteiger partial charge in [0.1, 0.15) is 11.4 Å². The summed E-state index contributed by atoms with van der Waals surface area (Å²) < 4.78 is 20.0. The number of benzene rings is 2. The molecular formula is C16H11BrFNO2. The lowest BCUT2D eigenvalue weighted by molar-refractivity contribution is 0.0998.